The summed E-state index contributed by atoms with van der Waals surface area (Å²) in [5, 5.41) is 6.40. The number of aromatic amines is 1. The average molecular weight is 201 g/mol. The Morgan fingerprint density at radius 1 is 1.07 bits per heavy atom. The smallest absolute Gasteiger partial charge is 0.239 e. The van der Waals surface area contributed by atoms with Gasteiger partial charge < -0.3 is 11.5 Å². The summed E-state index contributed by atoms with van der Waals surface area (Å²) in [6.07, 6.45) is 3.70. The van der Waals surface area contributed by atoms with Crippen LogP contribution in [0.25, 0.3) is 12.2 Å². The van der Waals surface area contributed by atoms with Crippen molar-refractivity contribution < 1.29 is 0 Å². The Kier molecular flexibility index (Phi) is 2.37. The third-order valence-electron chi connectivity index (χ3n) is 1.89. The fraction of sp³-hybridized carbons (Fsp3) is 0. The number of nitrogens with two attached hydrogens (primary N) is 2. The van der Waals surface area contributed by atoms with Crippen molar-refractivity contribution in [3.05, 3.63) is 35.7 Å². The van der Waals surface area contributed by atoms with Gasteiger partial charge in [-0.2, -0.15) is 4.98 Å². The molecule has 1 heterocycles. The largest absolute Gasteiger partial charge is 0.399 e. The van der Waals surface area contributed by atoms with Gasteiger partial charge in [0.15, 0.2) is 0 Å². The molecule has 0 saturated carbocycles. The predicted molar refractivity (Wildman–Crippen MR) is 60.6 cm³/mol. The number of anilines is 2. The number of hydrogen-bond acceptors (Lipinski definition) is 4. The maximum Gasteiger partial charge on any atom is 0.239 e. The lowest BCUT2D eigenvalue weighted by Crippen LogP contribution is -1.85. The van der Waals surface area contributed by atoms with Gasteiger partial charge in [-0.15, -0.1) is 5.10 Å². The quantitative estimate of drug-likeness (QED) is 0.635. The molecule has 0 fully saturated rings. The van der Waals surface area contributed by atoms with Crippen LogP contribution in [0.3, 0.4) is 0 Å². The Labute approximate surface area is 86.8 Å². The number of nitrogens with zero attached hydrogens (tertiary/aromatic N) is 2. The van der Waals surface area contributed by atoms with Crippen LogP contribution in [-0.2, 0) is 0 Å². The molecule has 0 aliphatic heterocycles. The van der Waals surface area contributed by atoms with Crippen LogP contribution in [-0.4, -0.2) is 15.2 Å². The van der Waals surface area contributed by atoms with Crippen molar-refractivity contribution in [3.63, 3.8) is 0 Å². The Morgan fingerprint density at radius 3 is 2.40 bits per heavy atom. The van der Waals surface area contributed by atoms with Crippen molar-refractivity contribution in [1.82, 2.24) is 15.2 Å². The molecule has 0 aliphatic rings. The number of nitrogen functional groups attached to an aromatic ring is 2. The fourth-order valence-corrected chi connectivity index (χ4v) is 1.14. The minimum atomic E-state index is 0.243. The van der Waals surface area contributed by atoms with E-state index in [-0.39, 0.29) is 5.95 Å². The maximum absolute atomic E-state index is 5.57. The molecule has 0 atom stereocenters. The van der Waals surface area contributed by atoms with Crippen molar-refractivity contribution in [1.29, 1.82) is 0 Å². The van der Waals surface area contributed by atoms with Gasteiger partial charge in [0.25, 0.3) is 0 Å². The highest BCUT2D eigenvalue weighted by Crippen LogP contribution is 2.08. The van der Waals surface area contributed by atoms with Crippen LogP contribution in [0.15, 0.2) is 24.3 Å². The topological polar surface area (TPSA) is 93.6 Å². The summed E-state index contributed by atoms with van der Waals surface area (Å²) in [6.45, 7) is 0. The summed E-state index contributed by atoms with van der Waals surface area (Å²) >= 11 is 0. The highest BCUT2D eigenvalue weighted by Gasteiger charge is 1.93. The number of rotatable bonds is 2. The van der Waals surface area contributed by atoms with E-state index in [9.17, 15) is 0 Å². The van der Waals surface area contributed by atoms with Crippen LogP contribution in [0, 0.1) is 0 Å². The van der Waals surface area contributed by atoms with E-state index in [0.29, 0.717) is 5.82 Å². The summed E-state index contributed by atoms with van der Waals surface area (Å²) in [5.74, 6) is 0.872. The van der Waals surface area contributed by atoms with E-state index in [1.807, 2.05) is 30.3 Å². The van der Waals surface area contributed by atoms with Gasteiger partial charge in [-0.1, -0.05) is 18.2 Å². The molecule has 5 heteroatoms. The third kappa shape index (κ3) is 2.34. The highest BCUT2D eigenvalue weighted by atomic mass is 15.3. The molecular weight excluding hydrogens is 190 g/mol. The summed E-state index contributed by atoms with van der Waals surface area (Å²) in [5.41, 5.74) is 12.7. The van der Waals surface area contributed by atoms with Gasteiger partial charge in [-0.25, -0.2) is 0 Å². The first kappa shape index (κ1) is 9.26. The molecule has 1 aromatic heterocycles. The second-order valence-electron chi connectivity index (χ2n) is 3.08. The van der Waals surface area contributed by atoms with Crippen LogP contribution < -0.4 is 11.5 Å². The van der Waals surface area contributed by atoms with Gasteiger partial charge in [-0.05, 0) is 23.8 Å². The van der Waals surface area contributed by atoms with Crippen LogP contribution in [0.4, 0.5) is 11.6 Å². The molecule has 0 unspecified atom stereocenters. The van der Waals surface area contributed by atoms with Gasteiger partial charge in [0, 0.05) is 5.69 Å². The van der Waals surface area contributed by atoms with E-state index in [1.54, 1.807) is 6.08 Å². The summed E-state index contributed by atoms with van der Waals surface area (Å²) < 4.78 is 0. The molecule has 5 nitrogen and oxygen atoms in total. The van der Waals surface area contributed by atoms with Crippen LogP contribution >= 0.6 is 0 Å². The van der Waals surface area contributed by atoms with Crippen molar-refractivity contribution >= 4 is 23.8 Å². The van der Waals surface area contributed by atoms with E-state index in [2.05, 4.69) is 15.2 Å². The number of aromatic nitrogens is 3. The van der Waals surface area contributed by atoms with Crippen molar-refractivity contribution in [2.75, 3.05) is 11.5 Å². The molecule has 0 amide bonds. The number of nitrogens with one attached hydrogen (secondary N) is 1. The highest BCUT2D eigenvalue weighted by molar-refractivity contribution is 5.67. The Bertz CT molecular complexity index is 469. The van der Waals surface area contributed by atoms with E-state index < -0.39 is 0 Å². The molecule has 0 saturated heterocycles. The van der Waals surface area contributed by atoms with E-state index in [0.717, 1.165) is 11.3 Å². The zero-order valence-electron chi connectivity index (χ0n) is 8.01. The second kappa shape index (κ2) is 3.83. The molecule has 1 aromatic carbocycles. The normalized spacial score (nSPS) is 10.9. The van der Waals surface area contributed by atoms with E-state index in [4.69, 9.17) is 11.5 Å². The monoisotopic (exact) mass is 201 g/mol. The van der Waals surface area contributed by atoms with Crippen molar-refractivity contribution in [2.24, 2.45) is 0 Å². The van der Waals surface area contributed by atoms with Crippen molar-refractivity contribution in [2.45, 2.75) is 0 Å². The molecule has 15 heavy (non-hydrogen) atoms. The lowest BCUT2D eigenvalue weighted by atomic mass is 10.2. The SMILES string of the molecule is Nc1ccc(/C=C/c2nc(N)n[nH]2)cc1. The molecular formula is C10H11N5. The molecule has 0 radical (unpaired) electrons. The number of H-pyrrole nitrogens is 1. The maximum atomic E-state index is 5.57. The average Bonchev–Trinajstić information content (AvgIpc) is 2.64. The number of hydrogen-bond donors (Lipinski definition) is 3. The predicted octanol–water partition coefficient (Wildman–Crippen LogP) is 1.14. The first-order valence-corrected chi connectivity index (χ1v) is 4.45. The molecule has 0 spiro atoms. The zero-order chi connectivity index (χ0) is 10.7. The van der Waals surface area contributed by atoms with Gasteiger partial charge in [0.1, 0.15) is 5.82 Å². The van der Waals surface area contributed by atoms with Crippen molar-refractivity contribution in [3.8, 4) is 0 Å². The van der Waals surface area contributed by atoms with Gasteiger partial charge in [-0.3, -0.25) is 5.10 Å². The zero-order valence-corrected chi connectivity index (χ0v) is 8.01. The molecule has 5 N–H and O–H groups in total. The second-order valence-corrected chi connectivity index (χ2v) is 3.08. The molecule has 0 aliphatic carbocycles. The molecule has 2 aromatic rings. The van der Waals surface area contributed by atoms with E-state index >= 15 is 0 Å². The lowest BCUT2D eigenvalue weighted by Gasteiger charge is -1.93. The van der Waals surface area contributed by atoms with Crippen LogP contribution in [0.5, 0.6) is 0 Å². The van der Waals surface area contributed by atoms with Gasteiger partial charge in [0.2, 0.25) is 5.95 Å². The van der Waals surface area contributed by atoms with Crippen LogP contribution in [0.2, 0.25) is 0 Å². The fourth-order valence-electron chi connectivity index (χ4n) is 1.14. The summed E-state index contributed by atoms with van der Waals surface area (Å²) in [4.78, 5) is 3.94. The number of benzene rings is 1. The lowest BCUT2D eigenvalue weighted by molar-refractivity contribution is 1.09. The first-order valence-electron chi connectivity index (χ1n) is 4.45. The van der Waals surface area contributed by atoms with Crippen LogP contribution in [0.1, 0.15) is 11.4 Å². The minimum Gasteiger partial charge on any atom is -0.399 e. The first-order chi connectivity index (χ1) is 7.24. The van der Waals surface area contributed by atoms with Gasteiger partial charge in [0.05, 0.1) is 0 Å². The van der Waals surface area contributed by atoms with Gasteiger partial charge >= 0.3 is 0 Å². The summed E-state index contributed by atoms with van der Waals surface area (Å²) in [7, 11) is 0. The molecule has 0 bridgehead atoms. The Morgan fingerprint density at radius 2 is 1.80 bits per heavy atom. The Balaban J connectivity index is 2.14. The molecule has 76 valence electrons. The summed E-state index contributed by atoms with van der Waals surface area (Å²) in [6, 6.07) is 7.53. The molecule has 2 rings (SSSR count). The Hall–Kier alpha value is -2.30. The minimum absolute atomic E-state index is 0.243. The third-order valence-corrected chi connectivity index (χ3v) is 1.89. The van der Waals surface area contributed by atoms with E-state index in [1.165, 1.54) is 0 Å². The standard InChI is InChI=1S/C10H11N5/c11-8-4-1-7(2-5-8)3-6-9-13-10(12)15-14-9/h1-6H,11H2,(H3,12,13,14,15)/b6-3+.